The monoisotopic (exact) mass is 271 g/mol. The maximum atomic E-state index is 6.16. The minimum Gasteiger partial charge on any atom is -0.377 e. The van der Waals surface area contributed by atoms with Crippen molar-refractivity contribution in [3.63, 3.8) is 0 Å². The number of aryl methyl sites for hydroxylation is 2. The number of hydrogen-bond acceptors (Lipinski definition) is 3. The minimum atomic E-state index is 0.496. The van der Waals surface area contributed by atoms with Crippen LogP contribution < -0.4 is 5.32 Å². The van der Waals surface area contributed by atoms with Crippen molar-refractivity contribution in [3.8, 4) is 0 Å². The fraction of sp³-hybridized carbons (Fsp3) is 0.769. The summed E-state index contributed by atoms with van der Waals surface area (Å²) in [6.45, 7) is 4.38. The number of rotatable bonds is 6. The zero-order valence-corrected chi connectivity index (χ0v) is 12.0. The van der Waals surface area contributed by atoms with E-state index in [0.717, 1.165) is 36.1 Å². The molecular formula is C13H22ClN3O. The molecule has 4 nitrogen and oxygen atoms in total. The highest BCUT2D eigenvalue weighted by atomic mass is 35.5. The third-order valence-electron chi connectivity index (χ3n) is 3.51. The van der Waals surface area contributed by atoms with Crippen molar-refractivity contribution in [2.75, 3.05) is 13.2 Å². The minimum absolute atomic E-state index is 0.496. The summed E-state index contributed by atoms with van der Waals surface area (Å²) >= 11 is 6.16. The molecule has 1 fully saturated rings. The van der Waals surface area contributed by atoms with Crippen molar-refractivity contribution in [3.05, 3.63) is 16.4 Å². The standard InChI is InChI=1S/C13H22ClN3O/c1-10-12(13(14)17(2)16-10)9-15-7-8-18-11-5-3-4-6-11/h11,15H,3-9H2,1-2H3. The first-order valence-electron chi connectivity index (χ1n) is 6.68. The van der Waals surface area contributed by atoms with Gasteiger partial charge in [-0.05, 0) is 19.8 Å². The van der Waals surface area contributed by atoms with Crippen molar-refractivity contribution in [1.29, 1.82) is 0 Å². The molecule has 5 heteroatoms. The molecule has 0 radical (unpaired) electrons. The smallest absolute Gasteiger partial charge is 0.131 e. The molecule has 0 bridgehead atoms. The average Bonchev–Trinajstić information content (AvgIpc) is 2.92. The van der Waals surface area contributed by atoms with Gasteiger partial charge in [0.2, 0.25) is 0 Å². The molecule has 0 aromatic carbocycles. The second kappa shape index (κ2) is 6.55. The van der Waals surface area contributed by atoms with Gasteiger partial charge in [0, 0.05) is 25.7 Å². The molecule has 0 saturated heterocycles. The van der Waals surface area contributed by atoms with Crippen molar-refractivity contribution in [1.82, 2.24) is 15.1 Å². The van der Waals surface area contributed by atoms with Gasteiger partial charge in [-0.3, -0.25) is 4.68 Å². The molecule has 1 aliphatic rings. The Balaban J connectivity index is 1.65. The highest BCUT2D eigenvalue weighted by molar-refractivity contribution is 6.30. The first kappa shape index (κ1) is 13.8. The van der Waals surface area contributed by atoms with Crippen LogP contribution in [0.2, 0.25) is 5.15 Å². The Bertz CT molecular complexity index is 386. The molecule has 0 amide bonds. The molecule has 1 saturated carbocycles. The van der Waals surface area contributed by atoms with E-state index in [9.17, 15) is 0 Å². The summed E-state index contributed by atoms with van der Waals surface area (Å²) in [5.74, 6) is 0. The largest absolute Gasteiger partial charge is 0.377 e. The van der Waals surface area contributed by atoms with Gasteiger partial charge >= 0.3 is 0 Å². The predicted molar refractivity (Wildman–Crippen MR) is 72.9 cm³/mol. The Kier molecular flexibility index (Phi) is 5.03. The van der Waals surface area contributed by atoms with Crippen LogP contribution in [0.1, 0.15) is 36.9 Å². The van der Waals surface area contributed by atoms with E-state index in [2.05, 4.69) is 10.4 Å². The van der Waals surface area contributed by atoms with Gasteiger partial charge in [-0.1, -0.05) is 24.4 Å². The summed E-state index contributed by atoms with van der Waals surface area (Å²) in [5.41, 5.74) is 2.08. The summed E-state index contributed by atoms with van der Waals surface area (Å²) in [6, 6.07) is 0. The highest BCUT2D eigenvalue weighted by Crippen LogP contribution is 2.20. The maximum absolute atomic E-state index is 6.16. The van der Waals surface area contributed by atoms with E-state index in [-0.39, 0.29) is 0 Å². The van der Waals surface area contributed by atoms with Gasteiger partial charge in [0.1, 0.15) is 5.15 Å². The van der Waals surface area contributed by atoms with E-state index in [1.165, 1.54) is 25.7 Å². The molecule has 0 unspecified atom stereocenters. The zero-order chi connectivity index (χ0) is 13.0. The van der Waals surface area contributed by atoms with Crippen LogP contribution in [0.15, 0.2) is 0 Å². The molecule has 102 valence electrons. The van der Waals surface area contributed by atoms with E-state index in [0.29, 0.717) is 6.10 Å². The normalized spacial score (nSPS) is 16.6. The van der Waals surface area contributed by atoms with Gasteiger partial charge < -0.3 is 10.1 Å². The summed E-state index contributed by atoms with van der Waals surface area (Å²) in [6.07, 6.45) is 5.60. The molecule has 0 aliphatic heterocycles. The first-order valence-corrected chi connectivity index (χ1v) is 7.06. The first-order chi connectivity index (χ1) is 8.68. The van der Waals surface area contributed by atoms with Crippen LogP contribution in [-0.2, 0) is 18.3 Å². The van der Waals surface area contributed by atoms with Gasteiger partial charge in [-0.25, -0.2) is 0 Å². The summed E-state index contributed by atoms with van der Waals surface area (Å²) in [7, 11) is 1.86. The predicted octanol–water partition coefficient (Wildman–Crippen LogP) is 2.43. The molecule has 1 heterocycles. The lowest BCUT2D eigenvalue weighted by atomic mass is 10.2. The lowest BCUT2D eigenvalue weighted by Crippen LogP contribution is -2.22. The topological polar surface area (TPSA) is 39.1 Å². The van der Waals surface area contributed by atoms with Crippen LogP contribution in [0.3, 0.4) is 0 Å². The summed E-state index contributed by atoms with van der Waals surface area (Å²) < 4.78 is 7.50. The van der Waals surface area contributed by atoms with E-state index in [4.69, 9.17) is 16.3 Å². The van der Waals surface area contributed by atoms with Crippen LogP contribution in [0.25, 0.3) is 0 Å². The Labute approximate surface area is 114 Å². The Hall–Kier alpha value is -0.580. The van der Waals surface area contributed by atoms with Crippen LogP contribution in [0.4, 0.5) is 0 Å². The zero-order valence-electron chi connectivity index (χ0n) is 11.2. The van der Waals surface area contributed by atoms with Gasteiger partial charge in [-0.2, -0.15) is 5.10 Å². The number of nitrogens with zero attached hydrogens (tertiary/aromatic N) is 2. The van der Waals surface area contributed by atoms with Crippen molar-refractivity contribution < 1.29 is 4.74 Å². The molecule has 0 atom stereocenters. The molecule has 1 aromatic rings. The summed E-state index contributed by atoms with van der Waals surface area (Å²) in [4.78, 5) is 0. The molecule has 18 heavy (non-hydrogen) atoms. The lowest BCUT2D eigenvalue weighted by Gasteiger charge is -2.11. The Morgan fingerprint density at radius 1 is 1.44 bits per heavy atom. The average molecular weight is 272 g/mol. The van der Waals surface area contributed by atoms with Crippen molar-refractivity contribution >= 4 is 11.6 Å². The van der Waals surface area contributed by atoms with E-state index in [1.807, 2.05) is 14.0 Å². The van der Waals surface area contributed by atoms with E-state index in [1.54, 1.807) is 4.68 Å². The number of ether oxygens (including phenoxy) is 1. The third kappa shape index (κ3) is 3.46. The van der Waals surface area contributed by atoms with Gasteiger partial charge in [-0.15, -0.1) is 0 Å². The lowest BCUT2D eigenvalue weighted by molar-refractivity contribution is 0.0602. The highest BCUT2D eigenvalue weighted by Gasteiger charge is 2.15. The number of aromatic nitrogens is 2. The fourth-order valence-corrected chi connectivity index (χ4v) is 2.68. The number of hydrogen-bond donors (Lipinski definition) is 1. The van der Waals surface area contributed by atoms with Crippen LogP contribution in [0, 0.1) is 6.92 Å². The third-order valence-corrected chi connectivity index (χ3v) is 3.98. The van der Waals surface area contributed by atoms with Crippen LogP contribution >= 0.6 is 11.6 Å². The molecule has 1 aromatic heterocycles. The Morgan fingerprint density at radius 2 is 2.17 bits per heavy atom. The molecule has 1 aliphatic carbocycles. The fourth-order valence-electron chi connectivity index (χ4n) is 2.44. The van der Waals surface area contributed by atoms with E-state index >= 15 is 0 Å². The van der Waals surface area contributed by atoms with Crippen LogP contribution in [0.5, 0.6) is 0 Å². The molecule has 1 N–H and O–H groups in total. The SMILES string of the molecule is Cc1nn(C)c(Cl)c1CNCCOC1CCCC1. The Morgan fingerprint density at radius 3 is 2.78 bits per heavy atom. The molecular weight excluding hydrogens is 250 g/mol. The summed E-state index contributed by atoms with van der Waals surface area (Å²) in [5, 5.41) is 8.36. The second-order valence-electron chi connectivity index (χ2n) is 4.93. The van der Waals surface area contributed by atoms with Crippen molar-refractivity contribution in [2.24, 2.45) is 7.05 Å². The van der Waals surface area contributed by atoms with Gasteiger partial charge in [0.15, 0.2) is 0 Å². The van der Waals surface area contributed by atoms with Crippen molar-refractivity contribution in [2.45, 2.75) is 45.3 Å². The molecule has 2 rings (SSSR count). The number of nitrogens with one attached hydrogen (secondary N) is 1. The second-order valence-corrected chi connectivity index (χ2v) is 5.29. The number of halogens is 1. The van der Waals surface area contributed by atoms with Crippen LogP contribution in [-0.4, -0.2) is 29.0 Å². The quantitative estimate of drug-likeness (QED) is 0.808. The van der Waals surface area contributed by atoms with Gasteiger partial charge in [0.05, 0.1) is 18.4 Å². The molecule has 0 spiro atoms. The van der Waals surface area contributed by atoms with Gasteiger partial charge in [0.25, 0.3) is 0 Å². The maximum Gasteiger partial charge on any atom is 0.131 e. The van der Waals surface area contributed by atoms with E-state index < -0.39 is 0 Å².